The van der Waals surface area contributed by atoms with Crippen LogP contribution in [0.4, 0.5) is 0 Å². The third kappa shape index (κ3) is 4.86. The topological polar surface area (TPSA) is 76.6 Å². The number of benzene rings is 1. The molecule has 1 aliphatic rings. The summed E-state index contributed by atoms with van der Waals surface area (Å²) >= 11 is 0. The Balaban J connectivity index is 1.66. The van der Waals surface area contributed by atoms with Crippen LogP contribution in [0.1, 0.15) is 30.1 Å². The number of pyridine rings is 1. The van der Waals surface area contributed by atoms with Crippen molar-refractivity contribution < 1.29 is 19.2 Å². The fourth-order valence-corrected chi connectivity index (χ4v) is 4.73. The Labute approximate surface area is 158 Å². The quantitative estimate of drug-likeness (QED) is 0.530. The lowest BCUT2D eigenvalue weighted by atomic mass is 10.1. The van der Waals surface area contributed by atoms with Gasteiger partial charge in [0, 0.05) is 19.0 Å². The van der Waals surface area contributed by atoms with Gasteiger partial charge in [-0.1, -0.05) is 47.2 Å². The first-order valence-corrected chi connectivity index (χ1v) is 10.2. The highest BCUT2D eigenvalue weighted by Gasteiger charge is 2.33. The van der Waals surface area contributed by atoms with E-state index in [1.165, 1.54) is 21.6 Å². The van der Waals surface area contributed by atoms with Crippen LogP contribution in [0.5, 0.6) is 0 Å². The second-order valence-electron chi connectivity index (χ2n) is 5.50. The zero-order chi connectivity index (χ0) is 18.4. The second kappa shape index (κ2) is 8.86. The fraction of sp³-hybridized carbons (Fsp3) is 0.222. The number of aromatic nitrogens is 1. The molecule has 0 N–H and O–H groups in total. The van der Waals surface area contributed by atoms with E-state index in [9.17, 15) is 14.4 Å². The zero-order valence-corrected chi connectivity index (χ0v) is 15.4. The van der Waals surface area contributed by atoms with Crippen molar-refractivity contribution >= 4 is 39.4 Å². The first kappa shape index (κ1) is 18.5. The number of imide groups is 1. The minimum absolute atomic E-state index is 0.0333. The number of hydrogen-bond acceptors (Lipinski definition) is 7. The molecule has 1 saturated heterocycles. The summed E-state index contributed by atoms with van der Waals surface area (Å²) in [7, 11) is 2.94. The lowest BCUT2D eigenvalue weighted by Crippen LogP contribution is -2.32. The maximum absolute atomic E-state index is 12.3. The number of hydrogen-bond donors (Lipinski definition) is 0. The third-order valence-electron chi connectivity index (χ3n) is 3.61. The van der Waals surface area contributed by atoms with Gasteiger partial charge in [-0.2, -0.15) is 0 Å². The van der Waals surface area contributed by atoms with Gasteiger partial charge in [-0.3, -0.25) is 9.59 Å². The molecule has 1 aromatic heterocycles. The van der Waals surface area contributed by atoms with E-state index < -0.39 is 17.8 Å². The first-order chi connectivity index (χ1) is 12.6. The molecule has 3 rings (SSSR count). The van der Waals surface area contributed by atoms with Gasteiger partial charge in [0.05, 0.1) is 11.7 Å². The lowest BCUT2D eigenvalue weighted by molar-refractivity contribution is -0.197. The SMILES string of the molecule is O=C(CC(SSc1ccccn1)c1ccccc1)ON1C(=O)CCC1=O. The molecule has 1 atom stereocenters. The molecule has 1 fully saturated rings. The molecule has 134 valence electrons. The molecule has 1 aliphatic heterocycles. The predicted molar refractivity (Wildman–Crippen MR) is 98.7 cm³/mol. The predicted octanol–water partition coefficient (Wildman–Crippen LogP) is 3.56. The summed E-state index contributed by atoms with van der Waals surface area (Å²) in [6.45, 7) is 0. The van der Waals surface area contributed by atoms with Crippen LogP contribution in [0, 0.1) is 0 Å². The van der Waals surface area contributed by atoms with E-state index in [1.54, 1.807) is 6.20 Å². The van der Waals surface area contributed by atoms with E-state index >= 15 is 0 Å². The minimum Gasteiger partial charge on any atom is -0.330 e. The van der Waals surface area contributed by atoms with E-state index in [0.29, 0.717) is 5.06 Å². The van der Waals surface area contributed by atoms with Crippen LogP contribution in [0.2, 0.25) is 0 Å². The first-order valence-electron chi connectivity index (χ1n) is 7.99. The molecule has 0 spiro atoms. The molecule has 2 amide bonds. The van der Waals surface area contributed by atoms with Gasteiger partial charge in [0.1, 0.15) is 5.03 Å². The molecule has 0 bridgehead atoms. The van der Waals surface area contributed by atoms with E-state index in [-0.39, 0.29) is 24.5 Å². The van der Waals surface area contributed by atoms with Gasteiger partial charge in [0.25, 0.3) is 11.8 Å². The molecule has 1 unspecified atom stereocenters. The zero-order valence-electron chi connectivity index (χ0n) is 13.7. The summed E-state index contributed by atoms with van der Waals surface area (Å²) in [5.74, 6) is -1.57. The highest BCUT2D eigenvalue weighted by atomic mass is 33.1. The molecule has 0 aliphatic carbocycles. The molecule has 8 heteroatoms. The van der Waals surface area contributed by atoms with Gasteiger partial charge in [-0.25, -0.2) is 9.78 Å². The maximum atomic E-state index is 12.3. The summed E-state index contributed by atoms with van der Waals surface area (Å²) in [6.07, 6.45) is 1.90. The average Bonchev–Trinajstić information content (AvgIpc) is 2.98. The smallest absolute Gasteiger partial charge is 0.330 e. The summed E-state index contributed by atoms with van der Waals surface area (Å²) in [5, 5.41) is 1.21. The molecule has 1 aromatic carbocycles. The van der Waals surface area contributed by atoms with Crippen molar-refractivity contribution in [2.24, 2.45) is 0 Å². The normalized spacial score (nSPS) is 15.2. The molecular formula is C18H16N2O4S2. The standard InChI is InChI=1S/C18H16N2O4S2/c21-16-9-10-17(22)20(16)24-18(23)12-14(13-6-2-1-3-7-13)25-26-15-8-4-5-11-19-15/h1-8,11,14H,9-10,12H2. The number of carbonyl (C=O) groups excluding carboxylic acids is 3. The maximum Gasteiger partial charge on any atom is 0.334 e. The molecular weight excluding hydrogens is 372 g/mol. The number of amides is 2. The van der Waals surface area contributed by atoms with Crippen molar-refractivity contribution in [1.29, 1.82) is 0 Å². The van der Waals surface area contributed by atoms with Gasteiger partial charge in [-0.05, 0) is 28.5 Å². The van der Waals surface area contributed by atoms with Crippen LogP contribution in [0.25, 0.3) is 0 Å². The molecule has 2 heterocycles. The Bertz CT molecular complexity index is 770. The molecule has 6 nitrogen and oxygen atoms in total. The van der Waals surface area contributed by atoms with Crippen LogP contribution >= 0.6 is 21.6 Å². The number of carbonyl (C=O) groups is 3. The monoisotopic (exact) mass is 388 g/mol. The molecule has 26 heavy (non-hydrogen) atoms. The average molecular weight is 388 g/mol. The Hall–Kier alpha value is -2.32. The highest BCUT2D eigenvalue weighted by Crippen LogP contribution is 2.43. The molecule has 0 saturated carbocycles. The van der Waals surface area contributed by atoms with Gasteiger partial charge in [0.15, 0.2) is 0 Å². The van der Waals surface area contributed by atoms with Crippen molar-refractivity contribution in [2.75, 3.05) is 0 Å². The van der Waals surface area contributed by atoms with Crippen LogP contribution < -0.4 is 0 Å². The largest absolute Gasteiger partial charge is 0.334 e. The summed E-state index contributed by atoms with van der Waals surface area (Å²) in [6, 6.07) is 15.2. The van der Waals surface area contributed by atoms with Crippen molar-refractivity contribution in [3.8, 4) is 0 Å². The lowest BCUT2D eigenvalue weighted by Gasteiger charge is -2.17. The van der Waals surface area contributed by atoms with Crippen molar-refractivity contribution in [3.63, 3.8) is 0 Å². The fourth-order valence-electron chi connectivity index (χ4n) is 2.33. The Morgan fingerprint density at radius 1 is 1.08 bits per heavy atom. The molecule has 2 aromatic rings. The van der Waals surface area contributed by atoms with Gasteiger partial charge >= 0.3 is 5.97 Å². The Kier molecular flexibility index (Phi) is 6.30. The van der Waals surface area contributed by atoms with E-state index in [1.807, 2.05) is 48.5 Å². The van der Waals surface area contributed by atoms with E-state index in [2.05, 4.69) is 4.98 Å². The Morgan fingerprint density at radius 2 is 1.77 bits per heavy atom. The summed E-state index contributed by atoms with van der Waals surface area (Å²) < 4.78 is 0. The van der Waals surface area contributed by atoms with Crippen LogP contribution in [0.3, 0.4) is 0 Å². The van der Waals surface area contributed by atoms with Crippen LogP contribution in [-0.2, 0) is 19.2 Å². The highest BCUT2D eigenvalue weighted by molar-refractivity contribution is 8.76. The van der Waals surface area contributed by atoms with Crippen LogP contribution in [-0.4, -0.2) is 27.8 Å². The number of hydroxylamine groups is 2. The summed E-state index contributed by atoms with van der Waals surface area (Å²) in [4.78, 5) is 44.7. The van der Waals surface area contributed by atoms with E-state index in [0.717, 1.165) is 10.6 Å². The second-order valence-corrected chi connectivity index (χ2v) is 7.92. The van der Waals surface area contributed by atoms with Gasteiger partial charge < -0.3 is 4.84 Å². The van der Waals surface area contributed by atoms with Crippen molar-refractivity contribution in [3.05, 3.63) is 60.3 Å². The van der Waals surface area contributed by atoms with Crippen molar-refractivity contribution in [1.82, 2.24) is 10.0 Å². The summed E-state index contributed by atoms with van der Waals surface area (Å²) in [5.41, 5.74) is 0.956. The Morgan fingerprint density at radius 3 is 2.42 bits per heavy atom. The number of rotatable bonds is 7. The molecule has 0 radical (unpaired) electrons. The number of nitrogens with zero attached hydrogens (tertiary/aromatic N) is 2. The third-order valence-corrected chi connectivity index (χ3v) is 6.29. The van der Waals surface area contributed by atoms with E-state index in [4.69, 9.17) is 4.84 Å². The van der Waals surface area contributed by atoms with Crippen LogP contribution in [0.15, 0.2) is 59.8 Å². The van der Waals surface area contributed by atoms with Gasteiger partial charge in [-0.15, -0.1) is 5.06 Å². The van der Waals surface area contributed by atoms with Crippen molar-refractivity contribution in [2.45, 2.75) is 29.5 Å². The van der Waals surface area contributed by atoms with Gasteiger partial charge in [0.2, 0.25) is 0 Å². The minimum atomic E-state index is -0.614.